The standard InChI is InChI=1S/C116H80N/c1-9-29-77(30-10-1)91-59-92(78-31-11-2-12-32-78)64-99(63-91)87-53-55-107-103(57-87)71-109(101-67-95(81-37-17-5-18-38-81)61-96(68-101)82-39-19-6-20-40-82)111-75-117(73-89-51-49-85-45-25-27-47-105(85)113(89)114-90(74-117)52-50-86-46-26-28-48-106(86)114)76-112-110(102-69-97(83-41-21-7-22-42-83)62-98(70-102)84-43-23-8-24-44-84)72-104-58-88(54-56-108(104)116(112)115(107)111)100-65-93(79-33-13-3-14-34-79)60-94(66-100)80-35-15-4-16-36-80/h1-72H,73-76H2/q+1. The fourth-order valence-corrected chi connectivity index (χ4v) is 19.4. The summed E-state index contributed by atoms with van der Waals surface area (Å²) in [5.74, 6) is 0. The van der Waals surface area contributed by atoms with Crippen LogP contribution in [0.3, 0.4) is 0 Å². The molecular formula is C116H80N+. The Kier molecular flexibility index (Phi) is 17.2. The SMILES string of the molecule is c1ccc(-c2cc(-c3ccccc3)cc(-c3ccc4c5c(c(-c6cc(-c7ccccc7)cc(-c7ccccc7)c6)cc4c3)C[N+]3(Cc4ccc6ccccc6c4-c4c(ccc6ccccc46)C3)Cc3c(-c4cc(-c6ccccc6)cc(-c6ccccc6)c4)cc4cc(-c6cc(-c7ccccc7)cc(-c7ccccc7)c6)ccc4c3-5)c2)cc1. The number of benzene rings is 20. The summed E-state index contributed by atoms with van der Waals surface area (Å²) in [7, 11) is 0. The van der Waals surface area contributed by atoms with Crippen LogP contribution < -0.4 is 0 Å². The fourth-order valence-electron chi connectivity index (χ4n) is 19.4. The first kappa shape index (κ1) is 69.1. The predicted octanol–water partition coefficient (Wildman–Crippen LogP) is 31.2. The lowest BCUT2D eigenvalue weighted by atomic mass is 9.80. The van der Waals surface area contributed by atoms with E-state index < -0.39 is 0 Å². The molecule has 548 valence electrons. The van der Waals surface area contributed by atoms with E-state index in [2.05, 4.69) is 437 Å². The van der Waals surface area contributed by atoms with E-state index in [9.17, 15) is 0 Å². The Bertz CT molecular complexity index is 6570. The van der Waals surface area contributed by atoms with Crippen molar-refractivity contribution >= 4 is 43.1 Å². The van der Waals surface area contributed by atoms with Crippen molar-refractivity contribution < 1.29 is 4.48 Å². The van der Waals surface area contributed by atoms with Crippen molar-refractivity contribution in [1.29, 1.82) is 0 Å². The second-order valence-corrected chi connectivity index (χ2v) is 32.2. The van der Waals surface area contributed by atoms with Crippen LogP contribution in [0.5, 0.6) is 0 Å². The molecule has 1 heteroatoms. The lowest BCUT2D eigenvalue weighted by molar-refractivity contribution is -0.977. The van der Waals surface area contributed by atoms with Gasteiger partial charge in [0.1, 0.15) is 26.2 Å². The number of hydrogen-bond acceptors (Lipinski definition) is 0. The molecule has 0 fully saturated rings. The van der Waals surface area contributed by atoms with Crippen molar-refractivity contribution in [2.24, 2.45) is 0 Å². The molecular weight excluding hydrogens is 1410 g/mol. The minimum atomic E-state index is 0.709. The van der Waals surface area contributed by atoms with Gasteiger partial charge >= 0.3 is 0 Å². The van der Waals surface area contributed by atoms with E-state index in [1.807, 2.05) is 0 Å². The number of fused-ring (bicyclic) bond motifs is 14. The smallest absolute Gasteiger partial charge is 0.106 e. The van der Waals surface area contributed by atoms with Gasteiger partial charge in [-0.2, -0.15) is 0 Å². The first-order chi connectivity index (χ1) is 57.9. The average molecular weight is 1490 g/mol. The average Bonchev–Trinajstić information content (AvgIpc) is 1.60. The third-order valence-electron chi connectivity index (χ3n) is 24.9. The van der Waals surface area contributed by atoms with Crippen molar-refractivity contribution in [2.75, 3.05) is 0 Å². The molecule has 0 saturated heterocycles. The molecule has 0 saturated carbocycles. The molecule has 0 atom stereocenters. The summed E-state index contributed by atoms with van der Waals surface area (Å²) in [6.07, 6.45) is 0. The van der Waals surface area contributed by atoms with Crippen LogP contribution >= 0.6 is 0 Å². The summed E-state index contributed by atoms with van der Waals surface area (Å²) in [6.45, 7) is 2.99. The summed E-state index contributed by atoms with van der Waals surface area (Å²) in [6, 6.07) is 166. The molecule has 1 nitrogen and oxygen atoms in total. The highest BCUT2D eigenvalue weighted by Gasteiger charge is 2.42. The van der Waals surface area contributed by atoms with Crippen LogP contribution in [0.25, 0.3) is 199 Å². The van der Waals surface area contributed by atoms with Gasteiger partial charge in [0, 0.05) is 33.4 Å². The second kappa shape index (κ2) is 29.1. The molecule has 22 rings (SSSR count). The molecule has 0 radical (unpaired) electrons. The van der Waals surface area contributed by atoms with Crippen LogP contribution in [0.1, 0.15) is 22.3 Å². The molecule has 117 heavy (non-hydrogen) atoms. The highest BCUT2D eigenvalue weighted by molar-refractivity contribution is 6.14. The van der Waals surface area contributed by atoms with E-state index in [-0.39, 0.29) is 0 Å². The molecule has 1 spiro atoms. The zero-order valence-electron chi connectivity index (χ0n) is 64.8. The Balaban J connectivity index is 0.902. The van der Waals surface area contributed by atoms with Crippen molar-refractivity contribution in [2.45, 2.75) is 26.2 Å². The topological polar surface area (TPSA) is 0 Å². The molecule has 20 aromatic carbocycles. The molecule has 0 amide bonds. The zero-order chi connectivity index (χ0) is 77.3. The number of rotatable bonds is 12. The van der Waals surface area contributed by atoms with Gasteiger partial charge < -0.3 is 4.48 Å². The molecule has 0 unspecified atom stereocenters. The van der Waals surface area contributed by atoms with Gasteiger partial charge in [-0.3, -0.25) is 0 Å². The first-order valence-electron chi connectivity index (χ1n) is 41.0. The molecule has 0 N–H and O–H groups in total. The highest BCUT2D eigenvalue weighted by atomic mass is 15.4. The maximum absolute atomic E-state index is 2.61. The van der Waals surface area contributed by atoms with Crippen molar-refractivity contribution in [3.05, 3.63) is 459 Å². The van der Waals surface area contributed by atoms with Gasteiger partial charge in [-0.05, 0) is 285 Å². The molecule has 0 aromatic heterocycles. The van der Waals surface area contributed by atoms with Crippen LogP contribution in [-0.2, 0) is 26.2 Å². The van der Waals surface area contributed by atoms with Crippen molar-refractivity contribution in [1.82, 2.24) is 0 Å². The van der Waals surface area contributed by atoms with Crippen molar-refractivity contribution in [3.8, 4) is 156 Å². The molecule has 2 heterocycles. The Labute approximate surface area is 683 Å². The quantitative estimate of drug-likeness (QED) is 0.107. The summed E-state index contributed by atoms with van der Waals surface area (Å²) in [5, 5.41) is 9.91. The van der Waals surface area contributed by atoms with E-state index in [0.717, 1.165) is 48.4 Å². The van der Waals surface area contributed by atoms with E-state index in [1.165, 1.54) is 199 Å². The van der Waals surface area contributed by atoms with E-state index in [1.54, 1.807) is 0 Å². The van der Waals surface area contributed by atoms with E-state index in [4.69, 9.17) is 0 Å². The first-order valence-corrected chi connectivity index (χ1v) is 41.0. The largest absolute Gasteiger partial charge is 0.309 e. The summed E-state index contributed by atoms with van der Waals surface area (Å²) >= 11 is 0. The number of quaternary nitrogens is 1. The van der Waals surface area contributed by atoms with E-state index >= 15 is 0 Å². The Morgan fingerprint density at radius 1 is 0.137 bits per heavy atom. The Hall–Kier alpha value is -14.6. The summed E-state index contributed by atoms with van der Waals surface area (Å²) in [5.41, 5.74) is 39.0. The number of hydrogen-bond donors (Lipinski definition) is 0. The minimum absolute atomic E-state index is 0.709. The third-order valence-corrected chi connectivity index (χ3v) is 24.9. The van der Waals surface area contributed by atoms with Gasteiger partial charge in [-0.1, -0.05) is 340 Å². The molecule has 0 bridgehead atoms. The molecule has 2 aliphatic heterocycles. The monoisotopic (exact) mass is 1490 g/mol. The Morgan fingerprint density at radius 3 is 0.641 bits per heavy atom. The van der Waals surface area contributed by atoms with Gasteiger partial charge in [0.25, 0.3) is 0 Å². The summed E-state index contributed by atoms with van der Waals surface area (Å²) in [4.78, 5) is 0. The van der Waals surface area contributed by atoms with Crippen LogP contribution in [0, 0.1) is 0 Å². The van der Waals surface area contributed by atoms with Gasteiger partial charge in [-0.25, -0.2) is 0 Å². The van der Waals surface area contributed by atoms with Gasteiger partial charge in [0.2, 0.25) is 0 Å². The van der Waals surface area contributed by atoms with Crippen LogP contribution in [0.2, 0.25) is 0 Å². The molecule has 0 aliphatic carbocycles. The van der Waals surface area contributed by atoms with Crippen LogP contribution in [0.15, 0.2) is 437 Å². The lowest BCUT2D eigenvalue weighted by Gasteiger charge is -2.39. The third kappa shape index (κ3) is 12.8. The van der Waals surface area contributed by atoms with Crippen molar-refractivity contribution in [3.63, 3.8) is 0 Å². The van der Waals surface area contributed by atoms with Gasteiger partial charge in [-0.15, -0.1) is 0 Å². The summed E-state index contributed by atoms with van der Waals surface area (Å²) < 4.78 is 0.709. The zero-order valence-corrected chi connectivity index (χ0v) is 64.8. The normalized spacial score (nSPS) is 12.7. The minimum Gasteiger partial charge on any atom is -0.309 e. The maximum atomic E-state index is 2.61. The molecule has 2 aliphatic rings. The predicted molar refractivity (Wildman–Crippen MR) is 494 cm³/mol. The second-order valence-electron chi connectivity index (χ2n) is 32.2. The molecule has 20 aromatic rings. The lowest BCUT2D eigenvalue weighted by Crippen LogP contribution is -2.44. The maximum Gasteiger partial charge on any atom is 0.106 e. The Morgan fingerprint density at radius 2 is 0.368 bits per heavy atom. The van der Waals surface area contributed by atoms with E-state index in [0.29, 0.717) is 4.48 Å². The van der Waals surface area contributed by atoms with Gasteiger partial charge in [0.15, 0.2) is 0 Å². The number of nitrogens with zero attached hydrogens (tertiary/aromatic N) is 1. The van der Waals surface area contributed by atoms with Crippen LogP contribution in [-0.4, -0.2) is 4.48 Å². The van der Waals surface area contributed by atoms with Gasteiger partial charge in [0.05, 0.1) is 0 Å². The fraction of sp³-hybridized carbons (Fsp3) is 0.0345. The highest BCUT2D eigenvalue weighted by Crippen LogP contribution is 2.56. The van der Waals surface area contributed by atoms with Crippen LogP contribution in [0.4, 0.5) is 0 Å².